The molecule has 6 aromatic rings. The predicted octanol–water partition coefficient (Wildman–Crippen LogP) is 11.7. The Hall–Kier alpha value is -5.35. The zero-order chi connectivity index (χ0) is 47.7. The summed E-state index contributed by atoms with van der Waals surface area (Å²) in [6.45, 7) is 14.7. The molecule has 0 bridgehead atoms. The molecule has 4 aromatic carbocycles. The molecule has 5 N–H and O–H groups in total. The fraction of sp³-hybridized carbons (Fsp3) is 0.431. The van der Waals surface area contributed by atoms with Crippen molar-refractivity contribution in [3.05, 3.63) is 105 Å². The first kappa shape index (κ1) is 50.1. The van der Waals surface area contributed by atoms with E-state index < -0.39 is 29.7 Å². The maximum atomic E-state index is 14.2. The van der Waals surface area contributed by atoms with Gasteiger partial charge in [-0.25, -0.2) is 28.3 Å². The Morgan fingerprint density at radius 3 is 1.85 bits per heavy atom. The summed E-state index contributed by atoms with van der Waals surface area (Å²) in [7, 11) is 0. The number of hydrogen-bond donors (Lipinski definition) is 4. The van der Waals surface area contributed by atoms with Crippen LogP contribution in [0.25, 0.3) is 44.1 Å². The minimum atomic E-state index is -1.04. The van der Waals surface area contributed by atoms with Crippen LogP contribution in [0.15, 0.2) is 83.6 Å². The van der Waals surface area contributed by atoms with Crippen LogP contribution >= 0.6 is 22.7 Å². The van der Waals surface area contributed by atoms with Gasteiger partial charge in [0.15, 0.2) is 0 Å². The summed E-state index contributed by atoms with van der Waals surface area (Å²) in [6, 6.07) is 20.7. The summed E-state index contributed by atoms with van der Waals surface area (Å²) in [5.41, 5.74) is 9.29. The molecule has 66 heavy (non-hydrogen) atoms. The van der Waals surface area contributed by atoms with Crippen LogP contribution in [0.5, 0.6) is 0 Å². The number of nitrogens with two attached hydrogens (primary N) is 1. The number of hydrogen-bond acceptors (Lipinski definition) is 10. The van der Waals surface area contributed by atoms with Crippen molar-refractivity contribution >= 4 is 62.2 Å². The molecule has 0 saturated carbocycles. The zero-order valence-corrected chi connectivity index (χ0v) is 40.4. The van der Waals surface area contributed by atoms with Gasteiger partial charge in [-0.2, -0.15) is 0 Å². The van der Waals surface area contributed by atoms with E-state index in [1.54, 1.807) is 62.5 Å². The summed E-state index contributed by atoms with van der Waals surface area (Å²) in [6.07, 6.45) is 5.07. The van der Waals surface area contributed by atoms with E-state index in [9.17, 15) is 23.2 Å². The van der Waals surface area contributed by atoms with Crippen LogP contribution in [0.2, 0.25) is 0 Å². The highest BCUT2D eigenvalue weighted by Crippen LogP contribution is 2.38. The number of aliphatic carboxylic acids is 1. The molecule has 2 aliphatic rings. The summed E-state index contributed by atoms with van der Waals surface area (Å²) < 4.78 is 33.1. The number of carboxylic acids is 1. The third kappa shape index (κ3) is 12.2. The molecule has 2 saturated heterocycles. The molecule has 0 spiro atoms. The predicted molar refractivity (Wildman–Crippen MR) is 261 cm³/mol. The number of carbonyl (C=O) groups is 3. The maximum Gasteiger partial charge on any atom is 0.408 e. The highest BCUT2D eigenvalue weighted by atomic mass is 32.1. The van der Waals surface area contributed by atoms with Gasteiger partial charge < -0.3 is 31.1 Å². The van der Waals surface area contributed by atoms with E-state index in [1.807, 2.05) is 72.7 Å². The zero-order valence-electron chi connectivity index (χ0n) is 38.8. The summed E-state index contributed by atoms with van der Waals surface area (Å²) in [5, 5.41) is 24.0. The number of carboxylic acid groups (broad SMARTS) is 1. The molecular weight excluding hydrogens is 879 g/mol. The number of fused-ring (bicyclic) bond motifs is 2. The third-order valence-electron chi connectivity index (χ3n) is 12.2. The number of thiazole rings is 2. The first-order valence-electron chi connectivity index (χ1n) is 22.8. The number of likely N-dealkylation sites (tertiary alicyclic amines) is 1. The van der Waals surface area contributed by atoms with Crippen molar-refractivity contribution in [2.75, 3.05) is 13.1 Å². The van der Waals surface area contributed by atoms with E-state index in [1.165, 1.54) is 18.6 Å². The molecule has 15 heteroatoms. The topological polar surface area (TPSA) is 160 Å². The molecule has 0 unspecified atom stereocenters. The summed E-state index contributed by atoms with van der Waals surface area (Å²) in [4.78, 5) is 46.8. The Morgan fingerprint density at radius 1 is 0.818 bits per heavy atom. The Balaban J connectivity index is 0.000000172. The van der Waals surface area contributed by atoms with Crippen LogP contribution in [0.3, 0.4) is 0 Å². The van der Waals surface area contributed by atoms with Gasteiger partial charge in [-0.3, -0.25) is 4.79 Å². The Bertz CT molecular complexity index is 2610. The molecule has 4 heterocycles. The molecule has 2 amide bonds. The normalized spacial score (nSPS) is 17.8. The Kier molecular flexibility index (Phi) is 17.0. The van der Waals surface area contributed by atoms with Gasteiger partial charge >= 0.3 is 12.1 Å². The molecule has 2 fully saturated rings. The summed E-state index contributed by atoms with van der Waals surface area (Å²) >= 11 is 3.25. The van der Waals surface area contributed by atoms with Crippen molar-refractivity contribution in [3.8, 4) is 22.5 Å². The van der Waals surface area contributed by atoms with Crippen LogP contribution in [-0.2, 0) is 14.3 Å². The first-order chi connectivity index (χ1) is 31.5. The second kappa shape index (κ2) is 22.4. The largest absolute Gasteiger partial charge is 0.480 e. The number of amides is 2. The standard InChI is InChI=1S/C23H26FN3OS.C17H15FN2S.C11H21NO4/c1-3-14(2)21(25)23(28)27-12-6-9-20(27)22-26-19(13-29-22)17-10-11-18(24)16-8-5-4-7-15(16)17;18-14-8-7-13(11-4-1-2-5-12(11)14)16-10-21-17(20-16)15-6-3-9-19-15;1-6-7(2)8(9(13)14)12-10(15)16-11(3,4)5/h4-5,7-8,10-11,13-14,20-21H,3,6,9,12,25H2,1-2H3;1-2,4-5,7-8,10,15,19H,3,6,9H2;7-8H,6H2,1-5H3,(H,12,15)(H,13,14)/t14-,20+,21+;15-;7-,8+/m101/s1. The lowest BCUT2D eigenvalue weighted by atomic mass is 9.98. The van der Waals surface area contributed by atoms with E-state index >= 15 is 0 Å². The SMILES string of the molecule is CC[C@@H](C)[C@H](N)C(=O)N1CCC[C@H]1c1nc(-c2ccc(F)c3ccccc23)cs1.CC[C@@H](C)[C@H](NC(=O)OC(C)(C)C)C(=O)O.Fc1ccc(-c2csc([C@@H]3CCCN3)n2)c2ccccc12. The second-order valence-corrected chi connectivity index (χ2v) is 19.8. The molecule has 352 valence electrons. The third-order valence-corrected chi connectivity index (χ3v) is 14.1. The maximum absolute atomic E-state index is 14.2. The molecule has 2 aromatic heterocycles. The van der Waals surface area contributed by atoms with Crippen molar-refractivity contribution in [1.82, 2.24) is 25.5 Å². The van der Waals surface area contributed by atoms with Crippen molar-refractivity contribution in [1.29, 1.82) is 0 Å². The van der Waals surface area contributed by atoms with E-state index in [-0.39, 0.29) is 35.4 Å². The number of ether oxygens (including phenoxy) is 1. The Labute approximate surface area is 394 Å². The number of aromatic nitrogens is 2. The lowest BCUT2D eigenvalue weighted by Crippen LogP contribution is -2.46. The number of halogens is 2. The number of alkyl carbamates (subject to hydrolysis) is 1. The van der Waals surface area contributed by atoms with Gasteiger partial charge in [-0.1, -0.05) is 89.1 Å². The van der Waals surface area contributed by atoms with Gasteiger partial charge in [-0.15, -0.1) is 22.7 Å². The number of rotatable bonds is 11. The quantitative estimate of drug-likeness (QED) is 0.0991. The number of nitrogens with zero attached hydrogens (tertiary/aromatic N) is 3. The van der Waals surface area contributed by atoms with Gasteiger partial charge in [-0.05, 0) is 99.9 Å². The lowest BCUT2D eigenvalue weighted by molar-refractivity contribution is -0.141. The van der Waals surface area contributed by atoms with Gasteiger partial charge in [0.1, 0.15) is 33.3 Å². The Morgan fingerprint density at radius 2 is 1.35 bits per heavy atom. The van der Waals surface area contributed by atoms with E-state index in [0.29, 0.717) is 23.2 Å². The summed E-state index contributed by atoms with van der Waals surface area (Å²) in [5.74, 6) is -1.41. The van der Waals surface area contributed by atoms with E-state index in [2.05, 4.69) is 22.9 Å². The van der Waals surface area contributed by atoms with Gasteiger partial charge in [0.25, 0.3) is 0 Å². The van der Waals surface area contributed by atoms with E-state index in [0.717, 1.165) is 82.1 Å². The average molecular weight is 941 g/mol. The molecule has 6 atom stereocenters. The van der Waals surface area contributed by atoms with Crippen molar-refractivity contribution in [3.63, 3.8) is 0 Å². The van der Waals surface area contributed by atoms with E-state index in [4.69, 9.17) is 25.5 Å². The molecule has 11 nitrogen and oxygen atoms in total. The smallest absolute Gasteiger partial charge is 0.408 e. The lowest BCUT2D eigenvalue weighted by Gasteiger charge is -2.28. The van der Waals surface area contributed by atoms with Gasteiger partial charge in [0, 0.05) is 39.2 Å². The number of benzene rings is 4. The second-order valence-electron chi connectivity index (χ2n) is 18.0. The van der Waals surface area contributed by atoms with Gasteiger partial charge in [0.05, 0.1) is 29.5 Å². The fourth-order valence-corrected chi connectivity index (χ4v) is 9.99. The molecule has 0 radical (unpaired) electrons. The monoisotopic (exact) mass is 940 g/mol. The number of carbonyl (C=O) groups excluding carboxylic acids is 2. The fourth-order valence-electron chi connectivity index (χ4n) is 8.10. The van der Waals surface area contributed by atoms with Crippen molar-refractivity contribution in [2.24, 2.45) is 17.6 Å². The van der Waals surface area contributed by atoms with Gasteiger partial charge in [0.2, 0.25) is 5.91 Å². The minimum absolute atomic E-state index is 0.0193. The molecule has 2 aliphatic heterocycles. The highest BCUT2D eigenvalue weighted by Gasteiger charge is 2.36. The average Bonchev–Trinajstić information content (AvgIpc) is 4.16. The van der Waals surface area contributed by atoms with Crippen molar-refractivity contribution < 1.29 is 33.0 Å². The van der Waals surface area contributed by atoms with Crippen LogP contribution in [-0.4, -0.2) is 68.7 Å². The molecule has 8 rings (SSSR count). The van der Waals surface area contributed by atoms with Crippen LogP contribution in [0, 0.1) is 23.5 Å². The van der Waals surface area contributed by atoms with Crippen molar-refractivity contribution in [2.45, 2.75) is 117 Å². The van der Waals surface area contributed by atoms with Crippen LogP contribution in [0.4, 0.5) is 13.6 Å². The minimum Gasteiger partial charge on any atom is -0.480 e. The molecular formula is C51H62F2N6O5S2. The first-order valence-corrected chi connectivity index (χ1v) is 24.5. The van der Waals surface area contributed by atoms with Crippen LogP contribution in [0.1, 0.15) is 109 Å². The highest BCUT2D eigenvalue weighted by molar-refractivity contribution is 7.10. The number of nitrogens with one attached hydrogen (secondary N) is 2. The molecule has 0 aliphatic carbocycles. The van der Waals surface area contributed by atoms with Crippen LogP contribution < -0.4 is 16.4 Å².